The first-order chi connectivity index (χ1) is 8.64. The Labute approximate surface area is 105 Å². The van der Waals surface area contributed by atoms with Gasteiger partial charge in [-0.05, 0) is 12.1 Å². The van der Waals surface area contributed by atoms with Gasteiger partial charge in [-0.1, -0.05) is 12.1 Å². The number of hydrogen-bond donors (Lipinski definition) is 0. The Morgan fingerprint density at radius 2 is 1.72 bits per heavy atom. The zero-order valence-corrected chi connectivity index (χ0v) is 10.6. The Morgan fingerprint density at radius 1 is 1.06 bits per heavy atom. The SMILES string of the molecule is O=S1(=O)CCN(c2cnc3ccccc3n2)CC1. The van der Waals surface area contributed by atoms with Crippen LogP contribution in [0.2, 0.25) is 0 Å². The fraction of sp³-hybridized carbons (Fsp3) is 0.333. The highest BCUT2D eigenvalue weighted by Gasteiger charge is 2.22. The van der Waals surface area contributed by atoms with E-state index in [1.165, 1.54) is 0 Å². The molecule has 0 bridgehead atoms. The predicted octanol–water partition coefficient (Wildman–Crippen LogP) is 0.865. The summed E-state index contributed by atoms with van der Waals surface area (Å²) in [5.74, 6) is 1.15. The van der Waals surface area contributed by atoms with Gasteiger partial charge in [0.1, 0.15) is 5.82 Å². The van der Waals surface area contributed by atoms with Crippen molar-refractivity contribution in [3.8, 4) is 0 Å². The van der Waals surface area contributed by atoms with Gasteiger partial charge in [0, 0.05) is 13.1 Å². The first kappa shape index (κ1) is 11.4. The molecule has 0 saturated carbocycles. The van der Waals surface area contributed by atoms with Gasteiger partial charge in [-0.2, -0.15) is 0 Å². The molecule has 1 aliphatic heterocycles. The molecule has 0 aliphatic carbocycles. The van der Waals surface area contributed by atoms with Gasteiger partial charge >= 0.3 is 0 Å². The molecule has 18 heavy (non-hydrogen) atoms. The van der Waals surface area contributed by atoms with Crippen LogP contribution < -0.4 is 4.90 Å². The Bertz CT molecular complexity index is 671. The van der Waals surface area contributed by atoms with Crippen LogP contribution in [0.3, 0.4) is 0 Å². The van der Waals surface area contributed by atoms with Gasteiger partial charge < -0.3 is 4.90 Å². The molecule has 1 aliphatic rings. The molecule has 0 N–H and O–H groups in total. The lowest BCUT2D eigenvalue weighted by atomic mass is 10.3. The van der Waals surface area contributed by atoms with Gasteiger partial charge in [0.15, 0.2) is 9.84 Å². The summed E-state index contributed by atoms with van der Waals surface area (Å²) in [6.45, 7) is 0.991. The van der Waals surface area contributed by atoms with Gasteiger partial charge in [0.2, 0.25) is 0 Å². The van der Waals surface area contributed by atoms with E-state index in [0.717, 1.165) is 16.9 Å². The molecule has 0 radical (unpaired) electrons. The van der Waals surface area contributed by atoms with Crippen LogP contribution in [0, 0.1) is 0 Å². The van der Waals surface area contributed by atoms with Crippen LogP contribution in [0.4, 0.5) is 5.82 Å². The average Bonchev–Trinajstić information content (AvgIpc) is 2.38. The number of hydrogen-bond acceptors (Lipinski definition) is 5. The first-order valence-corrected chi connectivity index (χ1v) is 7.63. The fourth-order valence-electron chi connectivity index (χ4n) is 2.04. The average molecular weight is 263 g/mol. The molecule has 3 rings (SSSR count). The molecule has 94 valence electrons. The molecule has 5 nitrogen and oxygen atoms in total. The summed E-state index contributed by atoms with van der Waals surface area (Å²) in [4.78, 5) is 10.8. The maximum Gasteiger partial charge on any atom is 0.153 e. The van der Waals surface area contributed by atoms with Crippen LogP contribution in [-0.2, 0) is 9.84 Å². The minimum absolute atomic E-state index is 0.196. The van der Waals surface area contributed by atoms with Crippen molar-refractivity contribution < 1.29 is 8.42 Å². The van der Waals surface area contributed by atoms with Crippen LogP contribution in [0.25, 0.3) is 11.0 Å². The Balaban J connectivity index is 1.91. The molecule has 1 aromatic carbocycles. The molecule has 2 aromatic rings. The first-order valence-electron chi connectivity index (χ1n) is 5.81. The van der Waals surface area contributed by atoms with Gasteiger partial charge in [0.25, 0.3) is 0 Å². The third-order valence-electron chi connectivity index (χ3n) is 3.10. The normalized spacial score (nSPS) is 19.0. The third kappa shape index (κ3) is 2.15. The Hall–Kier alpha value is -1.69. The zero-order chi connectivity index (χ0) is 12.6. The van der Waals surface area contributed by atoms with Crippen LogP contribution in [0.5, 0.6) is 0 Å². The van der Waals surface area contributed by atoms with E-state index in [-0.39, 0.29) is 11.5 Å². The largest absolute Gasteiger partial charge is 0.353 e. The number of nitrogens with zero attached hydrogens (tertiary/aromatic N) is 3. The highest BCUT2D eigenvalue weighted by Crippen LogP contribution is 2.17. The zero-order valence-electron chi connectivity index (χ0n) is 9.78. The number of rotatable bonds is 1. The van der Waals surface area contributed by atoms with Gasteiger partial charge in [0.05, 0.1) is 28.7 Å². The summed E-state index contributed by atoms with van der Waals surface area (Å²) >= 11 is 0. The maximum atomic E-state index is 11.4. The lowest BCUT2D eigenvalue weighted by Gasteiger charge is -2.27. The van der Waals surface area contributed by atoms with E-state index >= 15 is 0 Å². The standard InChI is InChI=1S/C12H13N3O2S/c16-18(17)7-5-15(6-8-18)12-9-13-10-3-1-2-4-11(10)14-12/h1-4,9H,5-8H2. The maximum absolute atomic E-state index is 11.4. The van der Waals surface area contributed by atoms with Crippen molar-refractivity contribution in [1.29, 1.82) is 0 Å². The molecule has 0 spiro atoms. The molecular weight excluding hydrogens is 250 g/mol. The second kappa shape index (κ2) is 4.20. The van der Waals surface area contributed by atoms with E-state index in [1.807, 2.05) is 29.2 Å². The van der Waals surface area contributed by atoms with Crippen molar-refractivity contribution >= 4 is 26.7 Å². The van der Waals surface area contributed by atoms with E-state index in [4.69, 9.17) is 0 Å². The summed E-state index contributed by atoms with van der Waals surface area (Å²) in [5, 5.41) is 0. The van der Waals surface area contributed by atoms with Gasteiger partial charge in [-0.25, -0.2) is 13.4 Å². The molecular formula is C12H13N3O2S. The van der Waals surface area contributed by atoms with E-state index < -0.39 is 9.84 Å². The van der Waals surface area contributed by atoms with Crippen LogP contribution in [0.15, 0.2) is 30.5 Å². The molecule has 0 atom stereocenters. The third-order valence-corrected chi connectivity index (χ3v) is 4.71. The van der Waals surface area contributed by atoms with Crippen LogP contribution in [0.1, 0.15) is 0 Å². The van der Waals surface area contributed by atoms with Crippen LogP contribution >= 0.6 is 0 Å². The van der Waals surface area contributed by atoms with Crippen molar-refractivity contribution in [1.82, 2.24) is 9.97 Å². The topological polar surface area (TPSA) is 63.2 Å². The molecule has 0 unspecified atom stereocenters. The summed E-state index contributed by atoms with van der Waals surface area (Å²) in [5.41, 5.74) is 1.69. The van der Waals surface area contributed by atoms with E-state index in [2.05, 4.69) is 9.97 Å². The Kier molecular flexibility index (Phi) is 2.66. The summed E-state index contributed by atoms with van der Waals surface area (Å²) in [6, 6.07) is 7.66. The number of para-hydroxylation sites is 2. The molecule has 1 saturated heterocycles. The van der Waals surface area contributed by atoms with Crippen LogP contribution in [-0.4, -0.2) is 43.0 Å². The van der Waals surface area contributed by atoms with Crippen molar-refractivity contribution in [2.24, 2.45) is 0 Å². The lowest BCUT2D eigenvalue weighted by molar-refractivity contribution is 0.586. The van der Waals surface area contributed by atoms with Crippen molar-refractivity contribution in [2.45, 2.75) is 0 Å². The van der Waals surface area contributed by atoms with Crippen molar-refractivity contribution in [3.05, 3.63) is 30.5 Å². The number of sulfone groups is 1. The quantitative estimate of drug-likeness (QED) is 0.763. The highest BCUT2D eigenvalue weighted by molar-refractivity contribution is 7.91. The smallest absolute Gasteiger partial charge is 0.153 e. The number of benzene rings is 1. The minimum Gasteiger partial charge on any atom is -0.353 e. The summed E-state index contributed by atoms with van der Waals surface area (Å²) in [7, 11) is -2.86. The monoisotopic (exact) mass is 263 g/mol. The van der Waals surface area contributed by atoms with E-state index in [9.17, 15) is 8.42 Å². The summed E-state index contributed by atoms with van der Waals surface area (Å²) in [6.07, 6.45) is 1.71. The number of anilines is 1. The molecule has 0 amide bonds. The second-order valence-electron chi connectivity index (χ2n) is 4.36. The second-order valence-corrected chi connectivity index (χ2v) is 6.66. The van der Waals surface area contributed by atoms with Gasteiger partial charge in [-0.3, -0.25) is 4.98 Å². The lowest BCUT2D eigenvalue weighted by Crippen LogP contribution is -2.40. The highest BCUT2D eigenvalue weighted by atomic mass is 32.2. The predicted molar refractivity (Wildman–Crippen MR) is 70.4 cm³/mol. The summed E-state index contributed by atoms with van der Waals surface area (Å²) < 4.78 is 22.8. The number of aromatic nitrogens is 2. The van der Waals surface area contributed by atoms with E-state index in [0.29, 0.717) is 13.1 Å². The Morgan fingerprint density at radius 3 is 2.44 bits per heavy atom. The van der Waals surface area contributed by atoms with E-state index in [1.54, 1.807) is 6.20 Å². The number of fused-ring (bicyclic) bond motifs is 1. The van der Waals surface area contributed by atoms with Crippen molar-refractivity contribution in [3.63, 3.8) is 0 Å². The van der Waals surface area contributed by atoms with Crippen molar-refractivity contribution in [2.75, 3.05) is 29.5 Å². The van der Waals surface area contributed by atoms with Gasteiger partial charge in [-0.15, -0.1) is 0 Å². The molecule has 6 heteroatoms. The molecule has 2 heterocycles. The molecule has 1 fully saturated rings. The minimum atomic E-state index is -2.86. The molecule has 1 aromatic heterocycles. The fourth-order valence-corrected chi connectivity index (χ4v) is 3.24.